The standard InChI is InChI=1S/C53H92O6/c1-4-7-10-13-16-19-22-24-26-28-31-34-37-40-43-46-52(55)58-49-50(48-57-51(54)45-42-39-36-33-30-21-18-15-12-9-6-3)59-53(56)47-44-41-38-35-32-29-27-25-23-20-17-14-11-8-5-2/h7,10,15-16,18-19,24,26,31,34,50H,4-6,8-9,11-14,17,20-23,25,27-30,32-33,35-49H2,1-3H3/b10-7-,18-15-,19-16-,26-24-,34-31-/t50-/m1/s1. The Morgan fingerprint density at radius 3 is 1.14 bits per heavy atom. The van der Waals surface area contributed by atoms with Crippen molar-refractivity contribution >= 4 is 17.9 Å². The van der Waals surface area contributed by atoms with Gasteiger partial charge in [-0.15, -0.1) is 0 Å². The molecule has 0 aromatic rings. The van der Waals surface area contributed by atoms with E-state index < -0.39 is 6.10 Å². The van der Waals surface area contributed by atoms with E-state index in [0.717, 1.165) is 89.9 Å². The zero-order valence-electron chi connectivity index (χ0n) is 38.8. The van der Waals surface area contributed by atoms with Crippen molar-refractivity contribution in [1.29, 1.82) is 0 Å². The highest BCUT2D eigenvalue weighted by atomic mass is 16.6. The first kappa shape index (κ1) is 56.1. The van der Waals surface area contributed by atoms with Crippen LogP contribution in [0.1, 0.15) is 239 Å². The Labute approximate surface area is 364 Å². The first-order valence-electron chi connectivity index (χ1n) is 24.8. The Morgan fingerprint density at radius 2 is 0.678 bits per heavy atom. The molecule has 0 spiro atoms. The van der Waals surface area contributed by atoms with Crippen molar-refractivity contribution in [3.63, 3.8) is 0 Å². The van der Waals surface area contributed by atoms with Crippen LogP contribution >= 0.6 is 0 Å². The Kier molecular flexibility index (Phi) is 45.4. The van der Waals surface area contributed by atoms with Gasteiger partial charge in [0.1, 0.15) is 13.2 Å². The minimum Gasteiger partial charge on any atom is -0.462 e. The van der Waals surface area contributed by atoms with Gasteiger partial charge in [0.2, 0.25) is 0 Å². The summed E-state index contributed by atoms with van der Waals surface area (Å²) in [5.41, 5.74) is 0. The molecule has 0 bridgehead atoms. The fraction of sp³-hybridized carbons (Fsp3) is 0.755. The van der Waals surface area contributed by atoms with Crippen molar-refractivity contribution in [3.05, 3.63) is 60.8 Å². The Balaban J connectivity index is 4.43. The maximum atomic E-state index is 12.8. The number of rotatable bonds is 44. The van der Waals surface area contributed by atoms with Crippen molar-refractivity contribution in [3.8, 4) is 0 Å². The third kappa shape index (κ3) is 46.0. The summed E-state index contributed by atoms with van der Waals surface area (Å²) in [6.07, 6.45) is 57.8. The highest BCUT2D eigenvalue weighted by Crippen LogP contribution is 2.15. The molecule has 6 nitrogen and oxygen atoms in total. The van der Waals surface area contributed by atoms with Gasteiger partial charge in [-0.3, -0.25) is 14.4 Å². The molecule has 0 aromatic carbocycles. The van der Waals surface area contributed by atoms with Crippen molar-refractivity contribution < 1.29 is 28.6 Å². The zero-order valence-corrected chi connectivity index (χ0v) is 38.8. The largest absolute Gasteiger partial charge is 0.462 e. The Bertz CT molecular complexity index is 1090. The van der Waals surface area contributed by atoms with Crippen LogP contribution < -0.4 is 0 Å². The predicted molar refractivity (Wildman–Crippen MR) is 251 cm³/mol. The molecule has 0 saturated heterocycles. The number of ether oxygens (including phenoxy) is 3. The van der Waals surface area contributed by atoms with Gasteiger partial charge < -0.3 is 14.2 Å². The quantitative estimate of drug-likeness (QED) is 0.0263. The monoisotopic (exact) mass is 825 g/mol. The van der Waals surface area contributed by atoms with Crippen molar-refractivity contribution in [2.24, 2.45) is 0 Å². The fourth-order valence-corrected chi connectivity index (χ4v) is 6.77. The molecular formula is C53H92O6. The van der Waals surface area contributed by atoms with Crippen LogP contribution in [0.15, 0.2) is 60.8 Å². The fourth-order valence-electron chi connectivity index (χ4n) is 6.77. The van der Waals surface area contributed by atoms with Gasteiger partial charge in [0.15, 0.2) is 6.10 Å². The first-order valence-corrected chi connectivity index (χ1v) is 24.8. The highest BCUT2D eigenvalue weighted by molar-refractivity contribution is 5.71. The van der Waals surface area contributed by atoms with Crippen LogP contribution in [0, 0.1) is 0 Å². The lowest BCUT2D eigenvalue weighted by molar-refractivity contribution is -0.167. The number of allylic oxidation sites excluding steroid dienone is 10. The lowest BCUT2D eigenvalue weighted by atomic mass is 10.0. The van der Waals surface area contributed by atoms with Crippen molar-refractivity contribution in [1.82, 2.24) is 0 Å². The Morgan fingerprint density at radius 1 is 0.356 bits per heavy atom. The Hall–Kier alpha value is -2.89. The molecule has 0 aliphatic carbocycles. The lowest BCUT2D eigenvalue weighted by Gasteiger charge is -2.18. The van der Waals surface area contributed by atoms with Crippen LogP contribution in [0.2, 0.25) is 0 Å². The summed E-state index contributed by atoms with van der Waals surface area (Å²) < 4.78 is 16.7. The molecule has 0 N–H and O–H groups in total. The number of esters is 3. The van der Waals surface area contributed by atoms with E-state index in [1.54, 1.807) is 0 Å². The average molecular weight is 825 g/mol. The molecule has 1 atom stereocenters. The summed E-state index contributed by atoms with van der Waals surface area (Å²) in [7, 11) is 0. The van der Waals surface area contributed by atoms with Crippen LogP contribution in [-0.4, -0.2) is 37.2 Å². The molecule has 0 saturated carbocycles. The van der Waals surface area contributed by atoms with E-state index in [0.29, 0.717) is 19.3 Å². The number of carbonyl (C=O) groups is 3. The molecule has 6 heteroatoms. The summed E-state index contributed by atoms with van der Waals surface area (Å²) in [6.45, 7) is 6.44. The molecule has 0 radical (unpaired) electrons. The van der Waals surface area contributed by atoms with Crippen LogP contribution in [0.25, 0.3) is 0 Å². The van der Waals surface area contributed by atoms with E-state index in [4.69, 9.17) is 14.2 Å². The molecule has 0 aliphatic heterocycles. The van der Waals surface area contributed by atoms with Crippen LogP contribution in [0.4, 0.5) is 0 Å². The average Bonchev–Trinajstić information content (AvgIpc) is 3.23. The predicted octanol–water partition coefficient (Wildman–Crippen LogP) is 16.1. The van der Waals surface area contributed by atoms with Gasteiger partial charge in [-0.25, -0.2) is 0 Å². The highest BCUT2D eigenvalue weighted by Gasteiger charge is 2.19. The van der Waals surface area contributed by atoms with Crippen LogP contribution in [-0.2, 0) is 28.6 Å². The zero-order chi connectivity index (χ0) is 43.0. The van der Waals surface area contributed by atoms with Gasteiger partial charge in [0.25, 0.3) is 0 Å². The molecule has 0 amide bonds. The van der Waals surface area contributed by atoms with Crippen LogP contribution in [0.5, 0.6) is 0 Å². The lowest BCUT2D eigenvalue weighted by Crippen LogP contribution is -2.30. The van der Waals surface area contributed by atoms with Crippen LogP contribution in [0.3, 0.4) is 0 Å². The van der Waals surface area contributed by atoms with Gasteiger partial charge in [-0.1, -0.05) is 204 Å². The summed E-state index contributed by atoms with van der Waals surface area (Å²) in [4.78, 5) is 37.9. The van der Waals surface area contributed by atoms with Crippen molar-refractivity contribution in [2.75, 3.05) is 13.2 Å². The van der Waals surface area contributed by atoms with E-state index in [-0.39, 0.29) is 31.1 Å². The first-order chi connectivity index (χ1) is 29.0. The number of unbranched alkanes of at least 4 members (excludes halogenated alkanes) is 23. The molecule has 0 fully saturated rings. The third-order valence-electron chi connectivity index (χ3n) is 10.5. The van der Waals surface area contributed by atoms with Gasteiger partial charge in [-0.05, 0) is 77.0 Å². The molecule has 0 heterocycles. The SMILES string of the molecule is CC/C=C\C/C=C\C/C=C\C/C=C\CCCCC(=O)OC[C@@H](COC(=O)CCCCCCC/C=C\CCCC)OC(=O)CCCCCCCCCCCCCCCCC. The molecule has 0 rings (SSSR count). The smallest absolute Gasteiger partial charge is 0.306 e. The maximum absolute atomic E-state index is 12.8. The van der Waals surface area contributed by atoms with Gasteiger partial charge >= 0.3 is 17.9 Å². The van der Waals surface area contributed by atoms with E-state index >= 15 is 0 Å². The second kappa shape index (κ2) is 47.8. The number of hydrogen-bond donors (Lipinski definition) is 0. The molecular weight excluding hydrogens is 733 g/mol. The summed E-state index contributed by atoms with van der Waals surface area (Å²) in [6, 6.07) is 0. The summed E-state index contributed by atoms with van der Waals surface area (Å²) >= 11 is 0. The van der Waals surface area contributed by atoms with Gasteiger partial charge in [0, 0.05) is 19.3 Å². The van der Waals surface area contributed by atoms with E-state index in [2.05, 4.69) is 81.5 Å². The third-order valence-corrected chi connectivity index (χ3v) is 10.5. The van der Waals surface area contributed by atoms with Gasteiger partial charge in [-0.2, -0.15) is 0 Å². The second-order valence-corrected chi connectivity index (χ2v) is 16.3. The minimum absolute atomic E-state index is 0.0904. The normalized spacial score (nSPS) is 12.5. The van der Waals surface area contributed by atoms with E-state index in [1.165, 1.54) is 109 Å². The van der Waals surface area contributed by atoms with Crippen molar-refractivity contribution in [2.45, 2.75) is 245 Å². The molecule has 59 heavy (non-hydrogen) atoms. The molecule has 0 unspecified atom stereocenters. The topological polar surface area (TPSA) is 78.9 Å². The molecule has 340 valence electrons. The second-order valence-electron chi connectivity index (χ2n) is 16.3. The van der Waals surface area contributed by atoms with E-state index in [1.807, 2.05) is 0 Å². The summed E-state index contributed by atoms with van der Waals surface area (Å²) in [5.74, 6) is -0.939. The number of hydrogen-bond acceptors (Lipinski definition) is 6. The molecule has 0 aromatic heterocycles. The molecule has 0 aliphatic rings. The number of carbonyl (C=O) groups excluding carboxylic acids is 3. The summed E-state index contributed by atoms with van der Waals surface area (Å²) in [5, 5.41) is 0. The maximum Gasteiger partial charge on any atom is 0.306 e. The van der Waals surface area contributed by atoms with Gasteiger partial charge in [0.05, 0.1) is 0 Å². The minimum atomic E-state index is -0.790. The van der Waals surface area contributed by atoms with E-state index in [9.17, 15) is 14.4 Å².